The van der Waals surface area contributed by atoms with Crippen LogP contribution in [0.3, 0.4) is 0 Å². The fourth-order valence-corrected chi connectivity index (χ4v) is 4.51. The molecule has 3 nitrogen and oxygen atoms in total. The van der Waals surface area contributed by atoms with Crippen molar-refractivity contribution in [3.63, 3.8) is 0 Å². The SMILES string of the molecule is CC1(C)C2CCC1(C)C(NC(=O)C1(N)CCC1)C2. The van der Waals surface area contributed by atoms with E-state index in [1.807, 2.05) is 0 Å². The lowest BCUT2D eigenvalue weighted by atomic mass is 9.68. The van der Waals surface area contributed by atoms with Crippen molar-refractivity contribution < 1.29 is 4.79 Å². The summed E-state index contributed by atoms with van der Waals surface area (Å²) in [5.41, 5.74) is 6.18. The van der Waals surface area contributed by atoms with Gasteiger partial charge in [-0.2, -0.15) is 0 Å². The molecule has 102 valence electrons. The van der Waals surface area contributed by atoms with Crippen LogP contribution in [-0.4, -0.2) is 17.5 Å². The van der Waals surface area contributed by atoms with E-state index in [-0.39, 0.29) is 11.3 Å². The smallest absolute Gasteiger partial charge is 0.240 e. The van der Waals surface area contributed by atoms with Crippen molar-refractivity contribution in [1.29, 1.82) is 0 Å². The number of fused-ring (bicyclic) bond motifs is 2. The Morgan fingerprint density at radius 1 is 1.22 bits per heavy atom. The fourth-order valence-electron chi connectivity index (χ4n) is 4.51. The van der Waals surface area contributed by atoms with Crippen LogP contribution in [0.5, 0.6) is 0 Å². The molecule has 18 heavy (non-hydrogen) atoms. The van der Waals surface area contributed by atoms with Crippen molar-refractivity contribution in [3.05, 3.63) is 0 Å². The molecule has 1 amide bonds. The van der Waals surface area contributed by atoms with Crippen LogP contribution in [0.2, 0.25) is 0 Å². The van der Waals surface area contributed by atoms with Gasteiger partial charge in [-0.15, -0.1) is 0 Å². The number of carbonyl (C=O) groups excluding carboxylic acids is 1. The summed E-state index contributed by atoms with van der Waals surface area (Å²) in [5, 5.41) is 3.28. The third-order valence-corrected chi connectivity index (χ3v) is 6.80. The lowest BCUT2D eigenvalue weighted by molar-refractivity contribution is -0.131. The number of carbonyl (C=O) groups is 1. The molecule has 0 saturated heterocycles. The van der Waals surface area contributed by atoms with Gasteiger partial charge in [0.1, 0.15) is 0 Å². The standard InChI is InChI=1S/C15H26N2O/c1-13(2)10-5-8-14(13,3)11(9-10)17-12(18)15(16)6-4-7-15/h10-11H,4-9,16H2,1-3H3,(H,17,18). The molecule has 3 unspecified atom stereocenters. The van der Waals surface area contributed by atoms with E-state index in [0.29, 0.717) is 11.5 Å². The Labute approximate surface area is 110 Å². The Hall–Kier alpha value is -0.570. The maximum atomic E-state index is 12.3. The van der Waals surface area contributed by atoms with Gasteiger partial charge in [0.2, 0.25) is 5.91 Å². The number of nitrogens with one attached hydrogen (secondary N) is 1. The van der Waals surface area contributed by atoms with Crippen molar-refractivity contribution in [3.8, 4) is 0 Å². The van der Waals surface area contributed by atoms with E-state index in [4.69, 9.17) is 5.73 Å². The number of hydrogen-bond acceptors (Lipinski definition) is 2. The molecule has 3 aliphatic rings. The quantitative estimate of drug-likeness (QED) is 0.789. The van der Waals surface area contributed by atoms with Crippen LogP contribution in [0.25, 0.3) is 0 Å². The maximum absolute atomic E-state index is 12.3. The first kappa shape index (κ1) is 12.5. The summed E-state index contributed by atoms with van der Waals surface area (Å²) in [6.07, 6.45) is 6.52. The number of hydrogen-bond donors (Lipinski definition) is 2. The van der Waals surface area contributed by atoms with Gasteiger partial charge < -0.3 is 11.1 Å². The van der Waals surface area contributed by atoms with Crippen molar-refractivity contribution in [2.45, 2.75) is 70.9 Å². The van der Waals surface area contributed by atoms with Crippen molar-refractivity contribution in [2.75, 3.05) is 0 Å². The minimum absolute atomic E-state index is 0.100. The highest BCUT2D eigenvalue weighted by Gasteiger charge is 2.62. The number of amides is 1. The van der Waals surface area contributed by atoms with Crippen LogP contribution < -0.4 is 11.1 Å². The van der Waals surface area contributed by atoms with Gasteiger partial charge in [-0.25, -0.2) is 0 Å². The van der Waals surface area contributed by atoms with Crippen molar-refractivity contribution in [1.82, 2.24) is 5.32 Å². The molecule has 3 N–H and O–H groups in total. The van der Waals surface area contributed by atoms with E-state index in [1.54, 1.807) is 0 Å². The van der Waals surface area contributed by atoms with E-state index in [9.17, 15) is 4.79 Å². The summed E-state index contributed by atoms with van der Waals surface area (Å²) in [4.78, 5) is 12.3. The molecular weight excluding hydrogens is 224 g/mol. The molecule has 3 aliphatic carbocycles. The molecule has 0 heterocycles. The fraction of sp³-hybridized carbons (Fsp3) is 0.933. The third-order valence-electron chi connectivity index (χ3n) is 6.80. The first-order chi connectivity index (χ1) is 8.30. The molecule has 0 spiro atoms. The van der Waals surface area contributed by atoms with E-state index >= 15 is 0 Å². The topological polar surface area (TPSA) is 55.1 Å². The van der Waals surface area contributed by atoms with Gasteiger partial charge in [0.05, 0.1) is 5.54 Å². The first-order valence-electron chi connectivity index (χ1n) is 7.39. The molecule has 0 aromatic rings. The summed E-state index contributed by atoms with van der Waals surface area (Å²) in [6, 6.07) is 0.333. The zero-order valence-electron chi connectivity index (χ0n) is 11.9. The minimum atomic E-state index is -0.553. The van der Waals surface area contributed by atoms with Crippen LogP contribution >= 0.6 is 0 Å². The molecule has 0 radical (unpaired) electrons. The van der Waals surface area contributed by atoms with Crippen LogP contribution in [0.15, 0.2) is 0 Å². The molecular formula is C15H26N2O. The predicted molar refractivity (Wildman–Crippen MR) is 71.9 cm³/mol. The second kappa shape index (κ2) is 3.50. The Kier molecular flexibility index (Phi) is 2.42. The monoisotopic (exact) mass is 250 g/mol. The summed E-state index contributed by atoms with van der Waals surface area (Å²) in [6.45, 7) is 7.10. The maximum Gasteiger partial charge on any atom is 0.240 e. The van der Waals surface area contributed by atoms with E-state index in [2.05, 4.69) is 26.1 Å². The largest absolute Gasteiger partial charge is 0.351 e. The zero-order valence-corrected chi connectivity index (χ0v) is 11.9. The molecule has 0 aliphatic heterocycles. The van der Waals surface area contributed by atoms with Crippen molar-refractivity contribution >= 4 is 5.91 Å². The summed E-state index contributed by atoms with van der Waals surface area (Å²) >= 11 is 0. The van der Waals surface area contributed by atoms with Crippen LogP contribution in [0.1, 0.15) is 59.3 Å². The van der Waals surface area contributed by atoms with Crippen LogP contribution in [-0.2, 0) is 4.79 Å². The third kappa shape index (κ3) is 1.37. The second-order valence-electron chi connectivity index (χ2n) is 7.65. The van der Waals surface area contributed by atoms with Gasteiger partial charge in [0.15, 0.2) is 0 Å². The zero-order chi connectivity index (χ0) is 13.2. The van der Waals surface area contributed by atoms with Crippen molar-refractivity contribution in [2.24, 2.45) is 22.5 Å². The average molecular weight is 250 g/mol. The molecule has 0 aromatic heterocycles. The van der Waals surface area contributed by atoms with E-state index in [0.717, 1.165) is 31.6 Å². The van der Waals surface area contributed by atoms with E-state index < -0.39 is 5.54 Å². The lowest BCUT2D eigenvalue weighted by Crippen LogP contribution is -2.61. The highest BCUT2D eigenvalue weighted by molar-refractivity contribution is 5.87. The minimum Gasteiger partial charge on any atom is -0.351 e. The molecule has 3 saturated carbocycles. The molecule has 3 atom stereocenters. The lowest BCUT2D eigenvalue weighted by Gasteiger charge is -2.42. The van der Waals surface area contributed by atoms with Gasteiger partial charge in [-0.05, 0) is 55.3 Å². The molecule has 3 fully saturated rings. The second-order valence-corrected chi connectivity index (χ2v) is 7.65. The van der Waals surface area contributed by atoms with Gasteiger partial charge >= 0.3 is 0 Å². The summed E-state index contributed by atoms with van der Waals surface area (Å²) in [7, 11) is 0. The highest BCUT2D eigenvalue weighted by atomic mass is 16.2. The summed E-state index contributed by atoms with van der Waals surface area (Å²) in [5.74, 6) is 0.867. The Morgan fingerprint density at radius 2 is 1.89 bits per heavy atom. The number of rotatable bonds is 2. The Morgan fingerprint density at radius 3 is 2.28 bits per heavy atom. The normalized spacial score (nSPS) is 43.6. The van der Waals surface area contributed by atoms with Crippen LogP contribution in [0, 0.1) is 16.7 Å². The van der Waals surface area contributed by atoms with Gasteiger partial charge in [0, 0.05) is 6.04 Å². The Balaban J connectivity index is 1.74. The molecule has 3 heteroatoms. The van der Waals surface area contributed by atoms with Gasteiger partial charge in [-0.1, -0.05) is 20.8 Å². The number of nitrogens with two attached hydrogens (primary N) is 1. The highest BCUT2D eigenvalue weighted by Crippen LogP contribution is 2.65. The molecule has 2 bridgehead atoms. The van der Waals surface area contributed by atoms with Gasteiger partial charge in [0.25, 0.3) is 0 Å². The Bertz CT molecular complexity index is 386. The first-order valence-corrected chi connectivity index (χ1v) is 7.39. The predicted octanol–water partition coefficient (Wildman–Crippen LogP) is 2.20. The van der Waals surface area contributed by atoms with Crippen LogP contribution in [0.4, 0.5) is 0 Å². The molecule has 0 aromatic carbocycles. The summed E-state index contributed by atoms with van der Waals surface area (Å²) < 4.78 is 0. The molecule has 3 rings (SSSR count). The van der Waals surface area contributed by atoms with E-state index in [1.165, 1.54) is 12.8 Å². The average Bonchev–Trinajstić information content (AvgIpc) is 2.58. The van der Waals surface area contributed by atoms with Gasteiger partial charge in [-0.3, -0.25) is 4.79 Å².